The third-order valence-corrected chi connectivity index (χ3v) is 8.71. The van der Waals surface area contributed by atoms with Crippen LogP contribution in [0.15, 0.2) is 0 Å². The summed E-state index contributed by atoms with van der Waals surface area (Å²) in [5.41, 5.74) is 0.224. The summed E-state index contributed by atoms with van der Waals surface area (Å²) in [6, 6.07) is 0. The molecule has 0 aromatic rings. The van der Waals surface area contributed by atoms with E-state index in [2.05, 4.69) is 6.92 Å². The minimum absolute atomic E-state index is 0.0407. The number of hydrogen-bond acceptors (Lipinski definition) is 3. The predicted molar refractivity (Wildman–Crippen MR) is 87.8 cm³/mol. The third-order valence-electron chi connectivity index (χ3n) is 8.71. The van der Waals surface area contributed by atoms with Crippen LogP contribution in [0.1, 0.15) is 64.7 Å². The van der Waals surface area contributed by atoms with Crippen LogP contribution < -0.4 is 0 Å². The van der Waals surface area contributed by atoms with Crippen molar-refractivity contribution in [2.75, 3.05) is 13.2 Å². The van der Waals surface area contributed by atoms with Gasteiger partial charge in [-0.15, -0.1) is 0 Å². The van der Waals surface area contributed by atoms with Gasteiger partial charge in [-0.2, -0.15) is 0 Å². The van der Waals surface area contributed by atoms with Crippen LogP contribution in [0.2, 0.25) is 0 Å². The maximum absolute atomic E-state index is 10.5. The molecule has 0 aromatic carbocycles. The standard InChI is InChI=1S/C20H32O3/c1-19-8-6-15-14-7-9-20(22-10-11-23-20)12-13(14)2-3-16(15)17(19)4-5-18(19)21/h13-18,21H,2-12H2,1H3/t13-,14-,15-,16-,17+,18-,19-/m0/s1. The minimum atomic E-state index is -0.208. The van der Waals surface area contributed by atoms with Gasteiger partial charge in [0.25, 0.3) is 0 Å². The Bertz CT molecular complexity index is 472. The van der Waals surface area contributed by atoms with Gasteiger partial charge in [0.2, 0.25) is 0 Å². The van der Waals surface area contributed by atoms with Crippen LogP contribution in [-0.2, 0) is 9.47 Å². The molecule has 130 valence electrons. The zero-order valence-electron chi connectivity index (χ0n) is 14.5. The molecule has 3 heteroatoms. The quantitative estimate of drug-likeness (QED) is 0.739. The van der Waals surface area contributed by atoms with Crippen LogP contribution >= 0.6 is 0 Å². The van der Waals surface area contributed by atoms with Gasteiger partial charge < -0.3 is 14.6 Å². The largest absolute Gasteiger partial charge is 0.393 e. The van der Waals surface area contributed by atoms with E-state index in [4.69, 9.17) is 9.47 Å². The highest BCUT2D eigenvalue weighted by Gasteiger charge is 2.58. The van der Waals surface area contributed by atoms with Crippen LogP contribution in [0, 0.1) is 35.0 Å². The Morgan fingerprint density at radius 1 is 0.826 bits per heavy atom. The predicted octanol–water partition coefficient (Wildman–Crippen LogP) is 3.74. The van der Waals surface area contributed by atoms with Gasteiger partial charge in [-0.3, -0.25) is 0 Å². The monoisotopic (exact) mass is 320 g/mol. The van der Waals surface area contributed by atoms with E-state index in [0.717, 1.165) is 62.1 Å². The summed E-state index contributed by atoms with van der Waals surface area (Å²) in [4.78, 5) is 0. The third kappa shape index (κ3) is 2.12. The molecule has 1 heterocycles. The van der Waals surface area contributed by atoms with Gasteiger partial charge in [0.05, 0.1) is 19.3 Å². The van der Waals surface area contributed by atoms with Crippen molar-refractivity contribution in [3.8, 4) is 0 Å². The summed E-state index contributed by atoms with van der Waals surface area (Å²) in [5.74, 6) is 4.09. The van der Waals surface area contributed by atoms with Crippen molar-refractivity contribution in [1.82, 2.24) is 0 Å². The Hall–Kier alpha value is -0.120. The molecule has 1 saturated heterocycles. The van der Waals surface area contributed by atoms with Gasteiger partial charge in [-0.1, -0.05) is 6.92 Å². The van der Waals surface area contributed by atoms with Crippen LogP contribution in [0.25, 0.3) is 0 Å². The summed E-state index contributed by atoms with van der Waals surface area (Å²) < 4.78 is 12.0. The minimum Gasteiger partial charge on any atom is -0.393 e. The number of aliphatic hydroxyl groups excluding tert-OH is 1. The van der Waals surface area contributed by atoms with E-state index in [1.54, 1.807) is 0 Å². The van der Waals surface area contributed by atoms with Crippen molar-refractivity contribution in [2.24, 2.45) is 35.0 Å². The fourth-order valence-electron chi connectivity index (χ4n) is 7.56. The molecule has 5 fully saturated rings. The number of ether oxygens (including phenoxy) is 2. The first kappa shape index (κ1) is 15.2. The molecule has 1 spiro atoms. The second-order valence-corrected chi connectivity index (χ2v) is 9.42. The van der Waals surface area contributed by atoms with Gasteiger partial charge >= 0.3 is 0 Å². The normalized spacial score (nSPS) is 54.5. The summed E-state index contributed by atoms with van der Waals surface area (Å²) in [5, 5.41) is 10.5. The first-order valence-corrected chi connectivity index (χ1v) is 10.1. The molecule has 5 rings (SSSR count). The van der Waals surface area contributed by atoms with Crippen molar-refractivity contribution in [3.63, 3.8) is 0 Å². The Balaban J connectivity index is 1.36. The lowest BCUT2D eigenvalue weighted by Crippen LogP contribution is -2.51. The number of rotatable bonds is 0. The SMILES string of the molecule is C[C@]12CC[C@H]3[C@H]4CCC5(C[C@@H]4CC[C@@H]3[C@H]1CC[C@@H]2O)OCCO5. The molecular weight excluding hydrogens is 288 g/mol. The molecule has 0 amide bonds. The zero-order valence-corrected chi connectivity index (χ0v) is 14.5. The lowest BCUT2D eigenvalue weighted by molar-refractivity contribution is -0.210. The summed E-state index contributed by atoms with van der Waals surface area (Å²) in [7, 11) is 0. The van der Waals surface area contributed by atoms with Gasteiger partial charge in [0.1, 0.15) is 0 Å². The van der Waals surface area contributed by atoms with Crippen molar-refractivity contribution in [2.45, 2.75) is 76.6 Å². The Labute approximate surface area is 140 Å². The summed E-state index contributed by atoms with van der Waals surface area (Å²) in [6.45, 7) is 3.97. The maximum atomic E-state index is 10.5. The number of fused-ring (bicyclic) bond motifs is 5. The summed E-state index contributed by atoms with van der Waals surface area (Å²) >= 11 is 0. The molecule has 5 aliphatic rings. The van der Waals surface area contributed by atoms with Crippen LogP contribution in [0.4, 0.5) is 0 Å². The van der Waals surface area contributed by atoms with E-state index in [1.165, 1.54) is 38.5 Å². The van der Waals surface area contributed by atoms with E-state index >= 15 is 0 Å². The molecule has 4 saturated carbocycles. The van der Waals surface area contributed by atoms with Gasteiger partial charge in [0.15, 0.2) is 5.79 Å². The fourth-order valence-corrected chi connectivity index (χ4v) is 7.56. The van der Waals surface area contributed by atoms with Crippen molar-refractivity contribution >= 4 is 0 Å². The fraction of sp³-hybridized carbons (Fsp3) is 1.00. The average Bonchev–Trinajstić information content (AvgIpc) is 3.12. The van der Waals surface area contributed by atoms with Crippen molar-refractivity contribution in [3.05, 3.63) is 0 Å². The number of aliphatic hydroxyl groups is 1. The highest BCUT2D eigenvalue weighted by Crippen LogP contribution is 2.63. The molecule has 7 atom stereocenters. The molecule has 0 aromatic heterocycles. The van der Waals surface area contributed by atoms with Crippen LogP contribution in [-0.4, -0.2) is 30.2 Å². The first-order valence-electron chi connectivity index (χ1n) is 10.1. The molecule has 1 aliphatic heterocycles. The second-order valence-electron chi connectivity index (χ2n) is 9.42. The Kier molecular flexibility index (Phi) is 3.42. The van der Waals surface area contributed by atoms with Crippen LogP contribution in [0.3, 0.4) is 0 Å². The van der Waals surface area contributed by atoms with Gasteiger partial charge in [-0.05, 0) is 80.0 Å². The van der Waals surface area contributed by atoms with E-state index in [1.807, 2.05) is 0 Å². The van der Waals surface area contributed by atoms with Gasteiger partial charge in [0, 0.05) is 12.8 Å². The second kappa shape index (κ2) is 5.19. The highest BCUT2D eigenvalue weighted by molar-refractivity contribution is 5.06. The molecule has 0 radical (unpaired) electrons. The first-order chi connectivity index (χ1) is 11.1. The lowest BCUT2D eigenvalue weighted by Gasteiger charge is -2.56. The molecule has 1 N–H and O–H groups in total. The Morgan fingerprint density at radius 2 is 1.61 bits per heavy atom. The van der Waals surface area contributed by atoms with E-state index in [0.29, 0.717) is 0 Å². The molecule has 0 unspecified atom stereocenters. The van der Waals surface area contributed by atoms with Gasteiger partial charge in [-0.25, -0.2) is 0 Å². The topological polar surface area (TPSA) is 38.7 Å². The molecular formula is C20H32O3. The maximum Gasteiger partial charge on any atom is 0.168 e. The Morgan fingerprint density at radius 3 is 2.43 bits per heavy atom. The van der Waals surface area contributed by atoms with Crippen molar-refractivity contribution < 1.29 is 14.6 Å². The lowest BCUT2D eigenvalue weighted by atomic mass is 9.50. The zero-order chi connectivity index (χ0) is 15.7. The summed E-state index contributed by atoms with van der Waals surface area (Å²) in [6.07, 6.45) is 11.2. The molecule has 3 nitrogen and oxygen atoms in total. The molecule has 4 aliphatic carbocycles. The van der Waals surface area contributed by atoms with E-state index in [-0.39, 0.29) is 17.3 Å². The van der Waals surface area contributed by atoms with Crippen molar-refractivity contribution in [1.29, 1.82) is 0 Å². The van der Waals surface area contributed by atoms with Crippen LogP contribution in [0.5, 0.6) is 0 Å². The molecule has 0 bridgehead atoms. The molecule has 23 heavy (non-hydrogen) atoms. The smallest absolute Gasteiger partial charge is 0.168 e. The highest BCUT2D eigenvalue weighted by atomic mass is 16.7. The average molecular weight is 320 g/mol. The number of hydrogen-bond donors (Lipinski definition) is 1. The van der Waals surface area contributed by atoms with E-state index < -0.39 is 0 Å². The van der Waals surface area contributed by atoms with E-state index in [9.17, 15) is 5.11 Å².